The fourth-order valence-corrected chi connectivity index (χ4v) is 5.50. The second-order valence-electron chi connectivity index (χ2n) is 7.64. The molecule has 2 aromatic rings. The van der Waals surface area contributed by atoms with Gasteiger partial charge in [0.15, 0.2) is 0 Å². The third-order valence-electron chi connectivity index (χ3n) is 5.62. The number of aromatic nitrogens is 3. The molecule has 5 nitrogen and oxygen atoms in total. The topological polar surface area (TPSA) is 51.0 Å². The molecule has 1 amide bonds. The largest absolute Gasteiger partial charge is 0.416 e. The van der Waals surface area contributed by atoms with Gasteiger partial charge in [0.1, 0.15) is 6.33 Å². The summed E-state index contributed by atoms with van der Waals surface area (Å²) in [7, 11) is 1.59. The average Bonchev–Trinajstić information content (AvgIpc) is 3.38. The first kappa shape index (κ1) is 19.3. The Morgan fingerprint density at radius 1 is 1.25 bits per heavy atom. The monoisotopic (exact) mass is 410 g/mol. The molecule has 1 heterocycles. The lowest BCUT2D eigenvalue weighted by molar-refractivity contribution is -0.137. The lowest BCUT2D eigenvalue weighted by Crippen LogP contribution is -2.31. The van der Waals surface area contributed by atoms with E-state index in [4.69, 9.17) is 0 Å². The van der Waals surface area contributed by atoms with Gasteiger partial charge >= 0.3 is 12.2 Å². The van der Waals surface area contributed by atoms with Gasteiger partial charge in [-0.25, -0.2) is 9.78 Å². The van der Waals surface area contributed by atoms with Crippen molar-refractivity contribution in [2.45, 2.75) is 48.8 Å². The summed E-state index contributed by atoms with van der Waals surface area (Å²) < 4.78 is 39.1. The Kier molecular flexibility index (Phi) is 5.11. The molecule has 3 atom stereocenters. The van der Waals surface area contributed by atoms with Crippen molar-refractivity contribution < 1.29 is 18.0 Å². The van der Waals surface area contributed by atoms with Crippen molar-refractivity contribution in [3.63, 3.8) is 0 Å². The second kappa shape index (κ2) is 7.42. The van der Waals surface area contributed by atoms with E-state index in [0.717, 1.165) is 24.0 Å². The van der Waals surface area contributed by atoms with Crippen LogP contribution in [0.25, 0.3) is 0 Å². The van der Waals surface area contributed by atoms with Crippen molar-refractivity contribution in [2.75, 3.05) is 7.05 Å². The van der Waals surface area contributed by atoms with Gasteiger partial charge in [-0.05, 0) is 48.8 Å². The molecule has 4 rings (SSSR count). The SMILES string of the molecule is CN(Cc1ccc(C(F)(F)F)cc1)C(=O)n1cnc(S[C@@H]2C[C@@H]3CC[C@@H]2C3)n1. The van der Waals surface area contributed by atoms with E-state index in [9.17, 15) is 18.0 Å². The summed E-state index contributed by atoms with van der Waals surface area (Å²) in [6.07, 6.45) is 2.14. The Bertz CT molecular complexity index is 852. The summed E-state index contributed by atoms with van der Waals surface area (Å²) in [6, 6.07) is 4.43. The lowest BCUT2D eigenvalue weighted by Gasteiger charge is -2.19. The van der Waals surface area contributed by atoms with E-state index in [2.05, 4.69) is 10.1 Å². The molecule has 150 valence electrons. The second-order valence-corrected chi connectivity index (χ2v) is 8.84. The predicted molar refractivity (Wildman–Crippen MR) is 98.8 cm³/mol. The molecule has 0 N–H and O–H groups in total. The number of benzene rings is 1. The molecule has 0 saturated heterocycles. The highest BCUT2D eigenvalue weighted by Crippen LogP contribution is 2.50. The zero-order chi connectivity index (χ0) is 19.9. The Balaban J connectivity index is 1.35. The van der Waals surface area contributed by atoms with Crippen molar-refractivity contribution >= 4 is 17.8 Å². The molecule has 1 aromatic carbocycles. The molecule has 0 aliphatic heterocycles. The normalized spacial score (nSPS) is 23.9. The van der Waals surface area contributed by atoms with E-state index in [-0.39, 0.29) is 12.6 Å². The minimum absolute atomic E-state index is 0.186. The zero-order valence-corrected chi connectivity index (χ0v) is 16.2. The molecule has 2 bridgehead atoms. The molecule has 2 fully saturated rings. The van der Waals surface area contributed by atoms with Gasteiger partial charge in [-0.3, -0.25) is 0 Å². The highest BCUT2D eigenvalue weighted by atomic mass is 32.2. The van der Waals surface area contributed by atoms with Crippen LogP contribution in [0.15, 0.2) is 35.7 Å². The van der Waals surface area contributed by atoms with Gasteiger partial charge in [-0.2, -0.15) is 17.9 Å². The van der Waals surface area contributed by atoms with Gasteiger partial charge in [0.2, 0.25) is 5.16 Å². The Morgan fingerprint density at radius 2 is 2.00 bits per heavy atom. The van der Waals surface area contributed by atoms with Crippen molar-refractivity contribution in [1.82, 2.24) is 19.7 Å². The summed E-state index contributed by atoms with van der Waals surface area (Å²) in [5.41, 5.74) is -0.0932. The number of alkyl halides is 3. The summed E-state index contributed by atoms with van der Waals surface area (Å²) in [5.74, 6) is 1.57. The van der Waals surface area contributed by atoms with E-state index in [0.29, 0.717) is 16.0 Å². The van der Waals surface area contributed by atoms with Gasteiger partial charge in [-0.1, -0.05) is 30.3 Å². The van der Waals surface area contributed by atoms with Crippen LogP contribution in [0.3, 0.4) is 0 Å². The zero-order valence-electron chi connectivity index (χ0n) is 15.4. The van der Waals surface area contributed by atoms with Crippen LogP contribution < -0.4 is 0 Å². The smallest absolute Gasteiger partial charge is 0.322 e. The van der Waals surface area contributed by atoms with Crippen LogP contribution in [0.2, 0.25) is 0 Å². The molecule has 0 radical (unpaired) electrons. The Hall–Kier alpha value is -2.03. The van der Waals surface area contributed by atoms with Gasteiger partial charge in [0, 0.05) is 18.8 Å². The van der Waals surface area contributed by atoms with E-state index >= 15 is 0 Å². The van der Waals surface area contributed by atoms with Crippen LogP contribution in [-0.2, 0) is 12.7 Å². The number of thioether (sulfide) groups is 1. The number of hydrogen-bond acceptors (Lipinski definition) is 4. The maximum atomic E-state index is 12.6. The minimum Gasteiger partial charge on any atom is -0.322 e. The van der Waals surface area contributed by atoms with Crippen LogP contribution in [0.1, 0.15) is 36.8 Å². The standard InChI is InChI=1S/C19H21F3N4OS/c1-25(10-12-3-6-15(7-4-12)19(20,21)22)18(27)26-11-23-17(24-26)28-16-9-13-2-5-14(16)8-13/h3-4,6-7,11,13-14,16H,2,5,8-10H2,1H3/t13-,14-,16-/m1/s1. The number of halogens is 3. The number of fused-ring (bicyclic) bond motifs is 2. The number of carbonyl (C=O) groups excluding carboxylic acids is 1. The molecular formula is C19H21F3N4OS. The summed E-state index contributed by atoms with van der Waals surface area (Å²) in [5, 5.41) is 5.44. The fraction of sp³-hybridized carbons (Fsp3) is 0.526. The van der Waals surface area contributed by atoms with Crippen LogP contribution in [0, 0.1) is 11.8 Å². The number of carbonyl (C=O) groups is 1. The molecule has 0 spiro atoms. The number of rotatable bonds is 4. The predicted octanol–water partition coefficient (Wildman–Crippen LogP) is 4.68. The quantitative estimate of drug-likeness (QED) is 0.735. The highest BCUT2D eigenvalue weighted by molar-refractivity contribution is 7.99. The molecule has 2 saturated carbocycles. The summed E-state index contributed by atoms with van der Waals surface area (Å²) in [6.45, 7) is 0.186. The fourth-order valence-electron chi connectivity index (χ4n) is 4.18. The Morgan fingerprint density at radius 3 is 2.61 bits per heavy atom. The van der Waals surface area contributed by atoms with Gasteiger partial charge in [0.25, 0.3) is 0 Å². The van der Waals surface area contributed by atoms with Crippen LogP contribution in [-0.4, -0.2) is 38.0 Å². The van der Waals surface area contributed by atoms with Crippen LogP contribution >= 0.6 is 11.8 Å². The molecule has 2 aliphatic rings. The van der Waals surface area contributed by atoms with Gasteiger partial charge in [0.05, 0.1) is 5.56 Å². The van der Waals surface area contributed by atoms with Crippen molar-refractivity contribution in [3.05, 3.63) is 41.7 Å². The van der Waals surface area contributed by atoms with Gasteiger partial charge < -0.3 is 4.90 Å². The van der Waals surface area contributed by atoms with E-state index in [1.165, 1.54) is 53.7 Å². The third-order valence-corrected chi connectivity index (χ3v) is 6.90. The first-order valence-corrected chi connectivity index (χ1v) is 10.2. The molecule has 9 heteroatoms. The number of nitrogens with zero attached hydrogens (tertiary/aromatic N) is 4. The molecule has 2 aliphatic carbocycles. The molecule has 0 unspecified atom stereocenters. The average molecular weight is 410 g/mol. The molecular weight excluding hydrogens is 389 g/mol. The minimum atomic E-state index is -4.37. The first-order valence-electron chi connectivity index (χ1n) is 9.29. The highest BCUT2D eigenvalue weighted by Gasteiger charge is 2.40. The first-order chi connectivity index (χ1) is 13.3. The van der Waals surface area contributed by atoms with Crippen LogP contribution in [0.5, 0.6) is 0 Å². The van der Waals surface area contributed by atoms with E-state index in [1.54, 1.807) is 18.8 Å². The summed E-state index contributed by atoms with van der Waals surface area (Å²) in [4.78, 5) is 18.2. The van der Waals surface area contributed by atoms with Gasteiger partial charge in [-0.15, -0.1) is 5.10 Å². The van der Waals surface area contributed by atoms with Crippen molar-refractivity contribution in [2.24, 2.45) is 11.8 Å². The van der Waals surface area contributed by atoms with Crippen molar-refractivity contribution in [3.8, 4) is 0 Å². The van der Waals surface area contributed by atoms with E-state index < -0.39 is 11.7 Å². The maximum Gasteiger partial charge on any atom is 0.416 e. The maximum absolute atomic E-state index is 12.6. The van der Waals surface area contributed by atoms with Crippen LogP contribution in [0.4, 0.5) is 18.0 Å². The lowest BCUT2D eigenvalue weighted by atomic mass is 10.0. The van der Waals surface area contributed by atoms with E-state index in [1.807, 2.05) is 0 Å². The van der Waals surface area contributed by atoms with Crippen molar-refractivity contribution in [1.29, 1.82) is 0 Å². The Labute approximate surface area is 165 Å². The number of amides is 1. The summed E-state index contributed by atoms with van der Waals surface area (Å²) >= 11 is 1.65. The molecule has 1 aromatic heterocycles. The molecule has 28 heavy (non-hydrogen) atoms. The number of hydrogen-bond donors (Lipinski definition) is 0. The third kappa shape index (κ3) is 4.04.